The SMILES string of the molecule is COc1ccc(/C(O)=C2\C(=O)C(=O)N(CCCN3CCOCC3)C2c2ccc(Cl)cc2)cc1. The van der Waals surface area contributed by atoms with Crippen LogP contribution in [0.25, 0.3) is 5.76 Å². The summed E-state index contributed by atoms with van der Waals surface area (Å²) in [5.74, 6) is -0.863. The predicted octanol–water partition coefficient (Wildman–Crippen LogP) is 3.49. The van der Waals surface area contributed by atoms with Crippen LogP contribution in [0, 0.1) is 0 Å². The number of hydrogen-bond donors (Lipinski definition) is 1. The second kappa shape index (κ2) is 10.4. The minimum Gasteiger partial charge on any atom is -0.507 e. The first-order chi connectivity index (χ1) is 16.0. The molecule has 8 heteroatoms. The molecule has 2 aromatic carbocycles. The van der Waals surface area contributed by atoms with Crippen molar-refractivity contribution in [1.29, 1.82) is 0 Å². The van der Waals surface area contributed by atoms with E-state index in [0.29, 0.717) is 42.5 Å². The van der Waals surface area contributed by atoms with Gasteiger partial charge in [0.25, 0.3) is 11.7 Å². The quantitative estimate of drug-likeness (QED) is 0.379. The van der Waals surface area contributed by atoms with Crippen LogP contribution >= 0.6 is 11.6 Å². The molecule has 1 amide bonds. The van der Waals surface area contributed by atoms with Crippen LogP contribution in [-0.2, 0) is 14.3 Å². The lowest BCUT2D eigenvalue weighted by Crippen LogP contribution is -2.38. The molecule has 1 atom stereocenters. The molecule has 0 aromatic heterocycles. The molecule has 7 nitrogen and oxygen atoms in total. The fraction of sp³-hybridized carbons (Fsp3) is 0.360. The Morgan fingerprint density at radius 2 is 1.73 bits per heavy atom. The topological polar surface area (TPSA) is 79.3 Å². The lowest BCUT2D eigenvalue weighted by molar-refractivity contribution is -0.140. The number of carbonyl (C=O) groups excluding carboxylic acids is 2. The van der Waals surface area contributed by atoms with E-state index >= 15 is 0 Å². The summed E-state index contributed by atoms with van der Waals surface area (Å²) in [6.45, 7) is 4.33. The number of aliphatic hydroxyl groups is 1. The number of ether oxygens (including phenoxy) is 2. The molecule has 174 valence electrons. The van der Waals surface area contributed by atoms with Gasteiger partial charge in [-0.05, 0) is 48.4 Å². The smallest absolute Gasteiger partial charge is 0.295 e. The zero-order valence-electron chi connectivity index (χ0n) is 18.5. The predicted molar refractivity (Wildman–Crippen MR) is 125 cm³/mol. The van der Waals surface area contributed by atoms with Crippen LogP contribution in [0.2, 0.25) is 5.02 Å². The van der Waals surface area contributed by atoms with E-state index in [9.17, 15) is 14.7 Å². The zero-order valence-corrected chi connectivity index (χ0v) is 19.3. The Kier molecular flexibility index (Phi) is 7.33. The summed E-state index contributed by atoms with van der Waals surface area (Å²) in [5, 5.41) is 11.7. The van der Waals surface area contributed by atoms with Crippen LogP contribution < -0.4 is 4.74 Å². The zero-order chi connectivity index (χ0) is 23.4. The Hall–Kier alpha value is -2.87. The highest BCUT2D eigenvalue weighted by atomic mass is 35.5. The van der Waals surface area contributed by atoms with E-state index in [4.69, 9.17) is 21.1 Å². The number of nitrogens with zero attached hydrogens (tertiary/aromatic N) is 2. The number of aliphatic hydroxyl groups excluding tert-OH is 1. The molecule has 4 rings (SSSR count). The molecule has 2 saturated heterocycles. The van der Waals surface area contributed by atoms with Crippen molar-refractivity contribution in [3.05, 3.63) is 70.3 Å². The van der Waals surface area contributed by atoms with Crippen molar-refractivity contribution in [2.75, 3.05) is 46.5 Å². The average Bonchev–Trinajstić information content (AvgIpc) is 3.10. The molecule has 0 spiro atoms. The average molecular weight is 471 g/mol. The van der Waals surface area contributed by atoms with Crippen LogP contribution in [0.4, 0.5) is 0 Å². The number of halogens is 1. The first kappa shape index (κ1) is 23.3. The van der Waals surface area contributed by atoms with Crippen molar-refractivity contribution in [2.24, 2.45) is 0 Å². The number of hydrogen-bond acceptors (Lipinski definition) is 6. The molecule has 0 aliphatic carbocycles. The number of likely N-dealkylation sites (tertiary alicyclic amines) is 1. The third-order valence-corrected chi connectivity index (χ3v) is 6.32. The van der Waals surface area contributed by atoms with Gasteiger partial charge >= 0.3 is 0 Å². The number of methoxy groups -OCH3 is 1. The van der Waals surface area contributed by atoms with Crippen molar-refractivity contribution in [3.8, 4) is 5.75 Å². The summed E-state index contributed by atoms with van der Waals surface area (Å²) in [4.78, 5) is 30.0. The second-order valence-corrected chi connectivity index (χ2v) is 8.52. The fourth-order valence-corrected chi connectivity index (χ4v) is 4.42. The molecule has 2 aliphatic heterocycles. The van der Waals surface area contributed by atoms with Gasteiger partial charge in [0.2, 0.25) is 0 Å². The van der Waals surface area contributed by atoms with Gasteiger partial charge in [-0.2, -0.15) is 0 Å². The van der Waals surface area contributed by atoms with Crippen LogP contribution in [0.3, 0.4) is 0 Å². The number of ketones is 1. The highest BCUT2D eigenvalue weighted by Gasteiger charge is 2.45. The standard InChI is InChI=1S/C25H27ClN2O5/c1-32-20-9-5-18(6-10-20)23(29)21-22(17-3-7-19(26)8-4-17)28(25(31)24(21)30)12-2-11-27-13-15-33-16-14-27/h3-10,22,29H,2,11-16H2,1H3/b23-21+. The van der Waals surface area contributed by atoms with Gasteiger partial charge in [0.15, 0.2) is 0 Å². The van der Waals surface area contributed by atoms with E-state index in [1.807, 2.05) is 0 Å². The molecular weight excluding hydrogens is 444 g/mol. The number of rotatable bonds is 7. The monoisotopic (exact) mass is 470 g/mol. The van der Waals surface area contributed by atoms with Crippen molar-refractivity contribution in [1.82, 2.24) is 9.80 Å². The molecule has 0 saturated carbocycles. The Bertz CT molecular complexity index is 1030. The number of Topliss-reactive ketones (excluding diaryl/α,β-unsaturated/α-hetero) is 1. The Labute approximate surface area is 198 Å². The summed E-state index contributed by atoms with van der Waals surface area (Å²) in [7, 11) is 1.55. The Morgan fingerprint density at radius 1 is 1.06 bits per heavy atom. The number of morpholine rings is 1. The molecule has 2 aliphatic rings. The fourth-order valence-electron chi connectivity index (χ4n) is 4.30. The maximum Gasteiger partial charge on any atom is 0.295 e. The Morgan fingerprint density at radius 3 is 2.36 bits per heavy atom. The molecule has 2 fully saturated rings. The van der Waals surface area contributed by atoms with E-state index in [-0.39, 0.29) is 11.3 Å². The number of amides is 1. The summed E-state index contributed by atoms with van der Waals surface area (Å²) in [6, 6.07) is 13.1. The summed E-state index contributed by atoms with van der Waals surface area (Å²) in [6.07, 6.45) is 0.708. The molecule has 0 bridgehead atoms. The largest absolute Gasteiger partial charge is 0.507 e. The van der Waals surface area contributed by atoms with Gasteiger partial charge in [-0.25, -0.2) is 0 Å². The normalized spacial score (nSPS) is 20.9. The highest BCUT2D eigenvalue weighted by molar-refractivity contribution is 6.46. The molecular formula is C25H27ClN2O5. The lowest BCUT2D eigenvalue weighted by atomic mass is 9.95. The van der Waals surface area contributed by atoms with Gasteiger partial charge in [0.1, 0.15) is 11.5 Å². The number of benzene rings is 2. The van der Waals surface area contributed by atoms with Crippen molar-refractivity contribution < 1.29 is 24.2 Å². The van der Waals surface area contributed by atoms with Crippen LogP contribution in [0.1, 0.15) is 23.6 Å². The van der Waals surface area contributed by atoms with Gasteiger partial charge < -0.3 is 19.5 Å². The summed E-state index contributed by atoms with van der Waals surface area (Å²) < 4.78 is 10.6. The second-order valence-electron chi connectivity index (χ2n) is 8.08. The molecule has 2 heterocycles. The lowest BCUT2D eigenvalue weighted by Gasteiger charge is -2.29. The van der Waals surface area contributed by atoms with Gasteiger partial charge in [-0.15, -0.1) is 0 Å². The van der Waals surface area contributed by atoms with Crippen molar-refractivity contribution in [2.45, 2.75) is 12.5 Å². The number of carbonyl (C=O) groups is 2. The molecule has 0 radical (unpaired) electrons. The maximum atomic E-state index is 13.1. The van der Waals surface area contributed by atoms with Crippen LogP contribution in [-0.4, -0.2) is 73.1 Å². The molecule has 1 N–H and O–H groups in total. The summed E-state index contributed by atoms with van der Waals surface area (Å²) >= 11 is 6.07. The molecule has 1 unspecified atom stereocenters. The first-order valence-electron chi connectivity index (χ1n) is 11.0. The molecule has 2 aromatic rings. The van der Waals surface area contributed by atoms with Crippen LogP contribution in [0.5, 0.6) is 5.75 Å². The van der Waals surface area contributed by atoms with Gasteiger partial charge in [-0.1, -0.05) is 23.7 Å². The van der Waals surface area contributed by atoms with Gasteiger partial charge in [-0.3, -0.25) is 14.5 Å². The van der Waals surface area contributed by atoms with Gasteiger partial charge in [0, 0.05) is 36.8 Å². The van der Waals surface area contributed by atoms with Crippen molar-refractivity contribution >= 4 is 29.1 Å². The first-order valence-corrected chi connectivity index (χ1v) is 11.4. The van der Waals surface area contributed by atoms with Crippen molar-refractivity contribution in [3.63, 3.8) is 0 Å². The third-order valence-electron chi connectivity index (χ3n) is 6.07. The van der Waals surface area contributed by atoms with E-state index in [0.717, 1.165) is 25.2 Å². The molecule has 33 heavy (non-hydrogen) atoms. The van der Waals surface area contributed by atoms with Crippen LogP contribution in [0.15, 0.2) is 54.1 Å². The third kappa shape index (κ3) is 5.05. The minimum absolute atomic E-state index is 0.0823. The van der Waals surface area contributed by atoms with E-state index < -0.39 is 17.7 Å². The minimum atomic E-state index is -0.686. The van der Waals surface area contributed by atoms with E-state index in [1.54, 1.807) is 60.5 Å². The van der Waals surface area contributed by atoms with E-state index in [1.165, 1.54) is 0 Å². The van der Waals surface area contributed by atoms with Gasteiger partial charge in [0.05, 0.1) is 31.9 Å². The maximum absolute atomic E-state index is 13.1. The van der Waals surface area contributed by atoms with E-state index in [2.05, 4.69) is 4.90 Å². The Balaban J connectivity index is 1.65. The summed E-state index contributed by atoms with van der Waals surface area (Å²) in [5.41, 5.74) is 1.25. The highest BCUT2D eigenvalue weighted by Crippen LogP contribution is 2.39.